The zero-order chi connectivity index (χ0) is 13.2. The molecule has 2 N–H and O–H groups in total. The van der Waals surface area contributed by atoms with E-state index in [1.807, 2.05) is 37.3 Å². The predicted octanol–water partition coefficient (Wildman–Crippen LogP) is 2.22. The fourth-order valence-corrected chi connectivity index (χ4v) is 1.94. The van der Waals surface area contributed by atoms with Crippen LogP contribution in [0.15, 0.2) is 48.9 Å². The van der Waals surface area contributed by atoms with Crippen molar-refractivity contribution in [2.24, 2.45) is 0 Å². The van der Waals surface area contributed by atoms with E-state index in [-0.39, 0.29) is 0 Å². The highest BCUT2D eigenvalue weighted by atomic mass is 15.3. The van der Waals surface area contributed by atoms with Crippen LogP contribution < -0.4 is 5.73 Å². The second kappa shape index (κ2) is 4.53. The first-order valence-electron chi connectivity index (χ1n) is 5.94. The minimum absolute atomic E-state index is 0.362. The van der Waals surface area contributed by atoms with Crippen LogP contribution in [0.2, 0.25) is 0 Å². The lowest BCUT2D eigenvalue weighted by Crippen LogP contribution is -2.06. The Hall–Kier alpha value is -2.69. The second-order valence-electron chi connectivity index (χ2n) is 4.23. The van der Waals surface area contributed by atoms with E-state index in [9.17, 15) is 0 Å². The number of nitrogens with two attached hydrogens (primary N) is 1. The van der Waals surface area contributed by atoms with Crippen LogP contribution in [0.1, 0.15) is 5.56 Å². The summed E-state index contributed by atoms with van der Waals surface area (Å²) in [4.78, 5) is 8.77. The van der Waals surface area contributed by atoms with Crippen molar-refractivity contribution in [3.8, 4) is 17.1 Å². The maximum absolute atomic E-state index is 5.86. The lowest BCUT2D eigenvalue weighted by molar-refractivity contribution is 0.844. The molecule has 5 nitrogen and oxygen atoms in total. The highest BCUT2D eigenvalue weighted by Gasteiger charge is 2.09. The fourth-order valence-electron chi connectivity index (χ4n) is 1.94. The molecule has 3 rings (SSSR count). The summed E-state index contributed by atoms with van der Waals surface area (Å²) in [6, 6.07) is 9.86. The molecule has 0 saturated heterocycles. The Balaban J connectivity index is 2.15. The number of aromatic nitrogens is 4. The van der Waals surface area contributed by atoms with Gasteiger partial charge >= 0.3 is 0 Å². The van der Waals surface area contributed by atoms with E-state index in [1.54, 1.807) is 23.3 Å². The highest BCUT2D eigenvalue weighted by Crippen LogP contribution is 2.22. The molecule has 0 unspecified atom stereocenters. The Morgan fingerprint density at radius 3 is 2.74 bits per heavy atom. The van der Waals surface area contributed by atoms with Crippen molar-refractivity contribution in [2.45, 2.75) is 6.92 Å². The molecule has 2 aromatic heterocycles. The molecule has 0 aliphatic rings. The van der Waals surface area contributed by atoms with E-state index in [1.165, 1.54) is 0 Å². The molecule has 0 spiro atoms. The molecule has 3 aromatic rings. The molecule has 0 aliphatic carbocycles. The van der Waals surface area contributed by atoms with Crippen molar-refractivity contribution < 1.29 is 0 Å². The minimum atomic E-state index is 0.362. The maximum atomic E-state index is 5.86. The molecule has 19 heavy (non-hydrogen) atoms. The number of hydrogen-bond donors (Lipinski definition) is 1. The third kappa shape index (κ3) is 2.06. The van der Waals surface area contributed by atoms with E-state index in [0.29, 0.717) is 11.6 Å². The summed E-state index contributed by atoms with van der Waals surface area (Å²) in [5.74, 6) is 0.909. The van der Waals surface area contributed by atoms with E-state index in [4.69, 9.17) is 5.73 Å². The Morgan fingerprint density at radius 2 is 2.00 bits per heavy atom. The average molecular weight is 251 g/mol. The predicted molar refractivity (Wildman–Crippen MR) is 73.7 cm³/mol. The van der Waals surface area contributed by atoms with Crippen LogP contribution in [0.4, 0.5) is 5.82 Å². The SMILES string of the molecule is Cc1ccccc1-c1cnc(N)c(-n2cccn2)n1. The van der Waals surface area contributed by atoms with Crippen LogP contribution in [0, 0.1) is 6.92 Å². The van der Waals surface area contributed by atoms with Crippen molar-refractivity contribution in [1.82, 2.24) is 19.7 Å². The van der Waals surface area contributed by atoms with Crippen LogP contribution in [-0.4, -0.2) is 19.7 Å². The number of aryl methyl sites for hydroxylation is 1. The van der Waals surface area contributed by atoms with E-state index >= 15 is 0 Å². The molecule has 0 saturated carbocycles. The number of rotatable bonds is 2. The summed E-state index contributed by atoms with van der Waals surface area (Å²) >= 11 is 0. The van der Waals surface area contributed by atoms with Crippen molar-refractivity contribution in [3.63, 3.8) is 0 Å². The van der Waals surface area contributed by atoms with Gasteiger partial charge in [0.15, 0.2) is 11.6 Å². The highest BCUT2D eigenvalue weighted by molar-refractivity contribution is 5.65. The third-order valence-corrected chi connectivity index (χ3v) is 2.92. The van der Waals surface area contributed by atoms with Gasteiger partial charge in [0.2, 0.25) is 0 Å². The van der Waals surface area contributed by atoms with Crippen molar-refractivity contribution in [2.75, 3.05) is 5.73 Å². The van der Waals surface area contributed by atoms with Crippen molar-refractivity contribution in [1.29, 1.82) is 0 Å². The Kier molecular flexibility index (Phi) is 2.72. The first kappa shape index (κ1) is 11.4. The number of anilines is 1. The van der Waals surface area contributed by atoms with Gasteiger partial charge in [-0.15, -0.1) is 0 Å². The molecular weight excluding hydrogens is 238 g/mol. The molecule has 5 heteroatoms. The number of nitrogens with zero attached hydrogens (tertiary/aromatic N) is 4. The molecular formula is C14H13N5. The number of hydrogen-bond acceptors (Lipinski definition) is 4. The van der Waals surface area contributed by atoms with Crippen LogP contribution in [0.3, 0.4) is 0 Å². The summed E-state index contributed by atoms with van der Waals surface area (Å²) in [7, 11) is 0. The maximum Gasteiger partial charge on any atom is 0.196 e. The lowest BCUT2D eigenvalue weighted by atomic mass is 10.1. The smallest absolute Gasteiger partial charge is 0.196 e. The van der Waals surface area contributed by atoms with Gasteiger partial charge in [0.1, 0.15) is 0 Å². The zero-order valence-corrected chi connectivity index (χ0v) is 10.5. The van der Waals surface area contributed by atoms with Gasteiger partial charge in [-0.3, -0.25) is 0 Å². The monoisotopic (exact) mass is 251 g/mol. The zero-order valence-electron chi connectivity index (χ0n) is 10.5. The summed E-state index contributed by atoms with van der Waals surface area (Å²) in [5.41, 5.74) is 8.84. The van der Waals surface area contributed by atoms with Gasteiger partial charge < -0.3 is 5.73 Å². The van der Waals surface area contributed by atoms with Crippen molar-refractivity contribution >= 4 is 5.82 Å². The van der Waals surface area contributed by atoms with Crippen LogP contribution in [0.5, 0.6) is 0 Å². The summed E-state index contributed by atoms with van der Waals surface area (Å²) < 4.78 is 1.62. The normalized spacial score (nSPS) is 10.6. The average Bonchev–Trinajstić information content (AvgIpc) is 2.94. The second-order valence-corrected chi connectivity index (χ2v) is 4.23. The van der Waals surface area contributed by atoms with Crippen molar-refractivity contribution in [3.05, 3.63) is 54.5 Å². The molecule has 0 aliphatic heterocycles. The molecule has 0 amide bonds. The van der Waals surface area contributed by atoms with Gasteiger partial charge in [0, 0.05) is 18.0 Å². The Labute approximate surface area is 110 Å². The number of nitrogen functional groups attached to an aromatic ring is 1. The summed E-state index contributed by atoms with van der Waals surface area (Å²) in [6.45, 7) is 2.04. The van der Waals surface area contributed by atoms with Gasteiger partial charge in [-0.2, -0.15) is 5.10 Å². The third-order valence-electron chi connectivity index (χ3n) is 2.92. The molecule has 0 bridgehead atoms. The Morgan fingerprint density at radius 1 is 1.16 bits per heavy atom. The fraction of sp³-hybridized carbons (Fsp3) is 0.0714. The number of benzene rings is 1. The van der Waals surface area contributed by atoms with Gasteiger partial charge in [-0.1, -0.05) is 24.3 Å². The van der Waals surface area contributed by atoms with Gasteiger partial charge in [-0.25, -0.2) is 14.6 Å². The van der Waals surface area contributed by atoms with E-state index in [2.05, 4.69) is 15.1 Å². The quantitative estimate of drug-likeness (QED) is 0.758. The topological polar surface area (TPSA) is 69.6 Å². The molecule has 94 valence electrons. The standard InChI is InChI=1S/C14H13N5/c1-10-5-2-3-6-11(10)12-9-16-13(15)14(18-12)19-8-4-7-17-19/h2-9H,1H3,(H2,15,16). The summed E-state index contributed by atoms with van der Waals surface area (Å²) in [6.07, 6.45) is 5.16. The molecule has 1 aromatic carbocycles. The van der Waals surface area contributed by atoms with Crippen LogP contribution in [0.25, 0.3) is 17.1 Å². The largest absolute Gasteiger partial charge is 0.381 e. The first-order chi connectivity index (χ1) is 9.25. The summed E-state index contributed by atoms with van der Waals surface area (Å²) in [5, 5.41) is 4.14. The van der Waals surface area contributed by atoms with E-state index < -0.39 is 0 Å². The van der Waals surface area contributed by atoms with Crippen LogP contribution in [-0.2, 0) is 0 Å². The van der Waals surface area contributed by atoms with Gasteiger partial charge in [-0.05, 0) is 18.6 Å². The molecule has 0 atom stereocenters. The minimum Gasteiger partial charge on any atom is -0.381 e. The molecule has 0 fully saturated rings. The van der Waals surface area contributed by atoms with Gasteiger partial charge in [0.25, 0.3) is 0 Å². The van der Waals surface area contributed by atoms with Crippen LogP contribution >= 0.6 is 0 Å². The lowest BCUT2D eigenvalue weighted by Gasteiger charge is -2.08. The molecule has 0 radical (unpaired) electrons. The first-order valence-corrected chi connectivity index (χ1v) is 5.94. The van der Waals surface area contributed by atoms with E-state index in [0.717, 1.165) is 16.8 Å². The Bertz CT molecular complexity index is 704. The van der Waals surface area contributed by atoms with Gasteiger partial charge in [0.05, 0.1) is 11.9 Å². The molecule has 2 heterocycles.